The molecular formula is C26H23ClN6O6S3. The minimum atomic E-state index is -4.00. The molecule has 1 atom stereocenters. The number of oxime groups is 1. The van der Waals surface area contributed by atoms with Crippen molar-refractivity contribution >= 4 is 66.1 Å². The van der Waals surface area contributed by atoms with Crippen LogP contribution in [-0.4, -0.2) is 45.6 Å². The zero-order valence-corrected chi connectivity index (χ0v) is 24.7. The van der Waals surface area contributed by atoms with E-state index < -0.39 is 38.1 Å². The molecule has 0 aliphatic carbocycles. The van der Waals surface area contributed by atoms with Gasteiger partial charge in [-0.05, 0) is 41.8 Å². The molecule has 0 radical (unpaired) electrons. The average Bonchev–Trinajstić information content (AvgIpc) is 3.66. The Morgan fingerprint density at radius 3 is 2.50 bits per heavy atom. The van der Waals surface area contributed by atoms with Crippen molar-refractivity contribution in [2.75, 3.05) is 17.6 Å². The highest BCUT2D eigenvalue weighted by Crippen LogP contribution is 2.31. The van der Waals surface area contributed by atoms with Crippen LogP contribution in [0, 0.1) is 0 Å². The number of carbonyl (C=O) groups is 1. The maximum atomic E-state index is 13.7. The highest BCUT2D eigenvalue weighted by molar-refractivity contribution is 7.89. The van der Waals surface area contributed by atoms with Gasteiger partial charge in [-0.25, -0.2) is 31.7 Å². The van der Waals surface area contributed by atoms with Gasteiger partial charge in [0.2, 0.25) is 25.6 Å². The lowest BCUT2D eigenvalue weighted by Crippen LogP contribution is -2.52. The molecule has 2 aromatic carbocycles. The summed E-state index contributed by atoms with van der Waals surface area (Å²) in [6.07, 6.45) is 1.27. The Labute approximate surface area is 250 Å². The van der Waals surface area contributed by atoms with Crippen LogP contribution >= 0.6 is 22.9 Å². The van der Waals surface area contributed by atoms with Crippen LogP contribution in [0.3, 0.4) is 0 Å². The Balaban J connectivity index is 1.40. The van der Waals surface area contributed by atoms with Crippen LogP contribution in [0.1, 0.15) is 12.0 Å². The van der Waals surface area contributed by atoms with E-state index in [1.807, 2.05) is 0 Å². The number of anilines is 2. The second-order valence-electron chi connectivity index (χ2n) is 9.25. The number of halogens is 1. The van der Waals surface area contributed by atoms with Crippen LogP contribution in [0.4, 0.5) is 11.5 Å². The number of aromatic nitrogens is 1. The maximum Gasteiger partial charge on any atom is 0.274 e. The number of nitrogens with two attached hydrogens (primary N) is 2. The molecule has 3 heterocycles. The van der Waals surface area contributed by atoms with Gasteiger partial charge < -0.3 is 15.9 Å². The van der Waals surface area contributed by atoms with Crippen molar-refractivity contribution < 1.29 is 26.5 Å². The Kier molecular flexibility index (Phi) is 8.06. The van der Waals surface area contributed by atoms with Gasteiger partial charge in [0.15, 0.2) is 0 Å². The Bertz CT molecular complexity index is 1900. The van der Waals surface area contributed by atoms with Crippen molar-refractivity contribution in [3.05, 3.63) is 88.2 Å². The molecule has 1 aliphatic rings. The van der Waals surface area contributed by atoms with Gasteiger partial charge in [0.25, 0.3) is 5.91 Å². The summed E-state index contributed by atoms with van der Waals surface area (Å²) in [7, 11) is -7.95. The van der Waals surface area contributed by atoms with Crippen molar-refractivity contribution in [1.29, 1.82) is 0 Å². The molecule has 5 rings (SSSR count). The summed E-state index contributed by atoms with van der Waals surface area (Å²) in [5.74, 6) is -0.619. The van der Waals surface area contributed by atoms with E-state index in [2.05, 4.69) is 20.2 Å². The lowest BCUT2D eigenvalue weighted by atomic mass is 9.93. The number of nitrogens with zero attached hydrogens (tertiary/aromatic N) is 2. The van der Waals surface area contributed by atoms with E-state index in [0.717, 1.165) is 0 Å². The predicted octanol–water partition coefficient (Wildman–Crippen LogP) is 3.17. The molecule has 218 valence electrons. The van der Waals surface area contributed by atoms with E-state index in [9.17, 15) is 21.6 Å². The number of primary sulfonamides is 1. The van der Waals surface area contributed by atoms with Crippen molar-refractivity contribution in [1.82, 2.24) is 9.71 Å². The number of sulfonamides is 2. The third kappa shape index (κ3) is 6.16. The largest absolute Gasteiger partial charge is 0.398 e. The Hall–Kier alpha value is -3.86. The number of thiophene rings is 1. The van der Waals surface area contributed by atoms with Crippen LogP contribution < -0.4 is 20.9 Å². The van der Waals surface area contributed by atoms with Crippen LogP contribution in [-0.2, 0) is 29.7 Å². The number of rotatable bonds is 9. The summed E-state index contributed by atoms with van der Waals surface area (Å²) in [5, 5.41) is 15.5. The van der Waals surface area contributed by atoms with Crippen LogP contribution in [0.2, 0.25) is 5.02 Å². The fourth-order valence-electron chi connectivity index (χ4n) is 4.16. The molecule has 0 spiro atoms. The fourth-order valence-corrected chi connectivity index (χ4v) is 7.15. The van der Waals surface area contributed by atoms with Gasteiger partial charge in [-0.15, -0.1) is 0 Å². The quantitative estimate of drug-likeness (QED) is 0.199. The molecule has 0 fully saturated rings. The molecule has 4 aromatic rings. The first-order valence-corrected chi connectivity index (χ1v) is 16.4. The number of nitrogens with one attached hydrogen (secondary N) is 2. The SMILES string of the molecule is Nc1cc(C2=NOC(CNS(=O)(=O)c3ccsc3)(C(=O)Nc3ccc(-c4ccccc4S(N)(=O)=O)cn3)C2)ccc1Cl. The maximum absolute atomic E-state index is 13.7. The van der Waals surface area contributed by atoms with E-state index in [1.165, 1.54) is 41.1 Å². The molecular weight excluding hydrogens is 624 g/mol. The van der Waals surface area contributed by atoms with Crippen LogP contribution in [0.5, 0.6) is 0 Å². The van der Waals surface area contributed by atoms with Gasteiger partial charge in [0.1, 0.15) is 5.82 Å². The summed E-state index contributed by atoms with van der Waals surface area (Å²) in [5.41, 5.74) is 6.12. The summed E-state index contributed by atoms with van der Waals surface area (Å²) in [6.45, 7) is -0.451. The van der Waals surface area contributed by atoms with E-state index in [1.54, 1.807) is 47.8 Å². The minimum Gasteiger partial charge on any atom is -0.398 e. The third-order valence-corrected chi connectivity index (χ3v) is 9.93. The highest BCUT2D eigenvalue weighted by atomic mass is 35.5. The average molecular weight is 647 g/mol. The smallest absolute Gasteiger partial charge is 0.274 e. The van der Waals surface area contributed by atoms with Gasteiger partial charge in [0, 0.05) is 34.7 Å². The van der Waals surface area contributed by atoms with E-state index in [4.69, 9.17) is 27.3 Å². The van der Waals surface area contributed by atoms with Crippen LogP contribution in [0.25, 0.3) is 11.1 Å². The third-order valence-electron chi connectivity index (χ3n) is 6.39. The lowest BCUT2D eigenvalue weighted by molar-refractivity contribution is -0.137. The van der Waals surface area contributed by atoms with Gasteiger partial charge in [-0.3, -0.25) is 4.79 Å². The lowest BCUT2D eigenvalue weighted by Gasteiger charge is -2.25. The minimum absolute atomic E-state index is 0.0460. The summed E-state index contributed by atoms with van der Waals surface area (Å²) >= 11 is 7.24. The molecule has 16 heteroatoms. The fraction of sp³-hybridized carbons (Fsp3) is 0.115. The number of benzene rings is 2. The normalized spacial score (nSPS) is 17.0. The van der Waals surface area contributed by atoms with Crippen molar-refractivity contribution in [2.24, 2.45) is 10.3 Å². The second-order valence-corrected chi connectivity index (χ2v) is 13.7. The van der Waals surface area contributed by atoms with Crippen molar-refractivity contribution in [3.63, 3.8) is 0 Å². The number of pyridine rings is 1. The van der Waals surface area contributed by atoms with Crippen LogP contribution in [0.15, 0.2) is 92.6 Å². The molecule has 0 saturated carbocycles. The van der Waals surface area contributed by atoms with Gasteiger partial charge in [0.05, 0.1) is 32.8 Å². The number of hydrogen-bond acceptors (Lipinski definition) is 10. The summed E-state index contributed by atoms with van der Waals surface area (Å²) < 4.78 is 52.2. The number of carbonyl (C=O) groups excluding carboxylic acids is 1. The summed E-state index contributed by atoms with van der Waals surface area (Å²) in [6, 6.07) is 15.4. The van der Waals surface area contributed by atoms with Gasteiger partial charge >= 0.3 is 0 Å². The highest BCUT2D eigenvalue weighted by Gasteiger charge is 2.48. The Morgan fingerprint density at radius 2 is 1.83 bits per heavy atom. The number of hydrogen-bond donors (Lipinski definition) is 4. The molecule has 1 aliphatic heterocycles. The number of nitrogen functional groups attached to an aromatic ring is 1. The molecule has 6 N–H and O–H groups in total. The number of amides is 1. The molecule has 0 saturated heterocycles. The molecule has 42 heavy (non-hydrogen) atoms. The first kappa shape index (κ1) is 29.6. The zero-order chi connectivity index (χ0) is 30.1. The van der Waals surface area contributed by atoms with E-state index >= 15 is 0 Å². The van der Waals surface area contributed by atoms with Crippen molar-refractivity contribution in [2.45, 2.75) is 21.8 Å². The van der Waals surface area contributed by atoms with Gasteiger partial charge in [-0.2, -0.15) is 11.3 Å². The molecule has 12 nitrogen and oxygen atoms in total. The first-order valence-electron chi connectivity index (χ1n) is 12.1. The summed E-state index contributed by atoms with van der Waals surface area (Å²) in [4.78, 5) is 23.5. The monoisotopic (exact) mass is 646 g/mol. The molecule has 0 bridgehead atoms. The zero-order valence-electron chi connectivity index (χ0n) is 21.5. The Morgan fingerprint density at radius 1 is 1.07 bits per heavy atom. The second kappa shape index (κ2) is 11.4. The van der Waals surface area contributed by atoms with Gasteiger partial charge in [-0.1, -0.05) is 41.0 Å². The molecule has 2 aromatic heterocycles. The topological polar surface area (TPSA) is 196 Å². The van der Waals surface area contributed by atoms with E-state index in [-0.39, 0.29) is 22.0 Å². The molecule has 1 unspecified atom stereocenters. The van der Waals surface area contributed by atoms with Crippen molar-refractivity contribution in [3.8, 4) is 11.1 Å². The predicted molar refractivity (Wildman–Crippen MR) is 160 cm³/mol. The first-order chi connectivity index (χ1) is 19.9. The standard InChI is InChI=1S/C26H23ClN6O6S3/c27-20-7-5-16(11-21(20)28)22-12-26(39-33-22,15-31-42(37,38)18-9-10-40-14-18)25(34)32-24-8-6-17(13-30-24)19-3-1-2-4-23(19)41(29,35)36/h1-11,13-14,31H,12,15,28H2,(H2,29,35,36)(H,30,32,34). The van der Waals surface area contributed by atoms with E-state index in [0.29, 0.717) is 33.1 Å². The molecule has 1 amide bonds.